The zero-order valence-electron chi connectivity index (χ0n) is 15.4. The molecule has 0 N–H and O–H groups in total. The molecule has 0 atom stereocenters. The predicted molar refractivity (Wildman–Crippen MR) is 103 cm³/mol. The molecule has 0 radical (unpaired) electrons. The van der Waals surface area contributed by atoms with Gasteiger partial charge in [0.1, 0.15) is 16.4 Å². The summed E-state index contributed by atoms with van der Waals surface area (Å²) in [6.45, 7) is 3.97. The standard InChI is InChI=1S/C20H24N2O4S/c1-25-19-4-2-3-5-20(19)27(23,24)22-11-9-21(10-12-22)15-16-6-7-18-17(14-16)8-13-26-18/h2-7,14H,8-13,15H2,1H3. The number of fused-ring (bicyclic) bond motifs is 1. The molecule has 7 heteroatoms. The summed E-state index contributed by atoms with van der Waals surface area (Å²) in [4.78, 5) is 2.53. The molecule has 144 valence electrons. The third kappa shape index (κ3) is 3.67. The first-order chi connectivity index (χ1) is 13.1. The smallest absolute Gasteiger partial charge is 0.246 e. The van der Waals surface area contributed by atoms with E-state index >= 15 is 0 Å². The topological polar surface area (TPSA) is 59.1 Å². The minimum Gasteiger partial charge on any atom is -0.495 e. The Morgan fingerprint density at radius 1 is 1.07 bits per heavy atom. The van der Waals surface area contributed by atoms with Crippen molar-refractivity contribution in [2.75, 3.05) is 39.9 Å². The fourth-order valence-electron chi connectivity index (χ4n) is 3.70. The highest BCUT2D eigenvalue weighted by atomic mass is 32.2. The van der Waals surface area contributed by atoms with Crippen LogP contribution in [0.2, 0.25) is 0 Å². The van der Waals surface area contributed by atoms with E-state index in [9.17, 15) is 8.42 Å². The average Bonchev–Trinajstić information content (AvgIpc) is 3.16. The highest BCUT2D eigenvalue weighted by Crippen LogP contribution is 2.28. The molecule has 0 unspecified atom stereocenters. The number of methoxy groups -OCH3 is 1. The second-order valence-electron chi connectivity index (χ2n) is 6.87. The highest BCUT2D eigenvalue weighted by molar-refractivity contribution is 7.89. The van der Waals surface area contributed by atoms with Gasteiger partial charge in [-0.05, 0) is 29.3 Å². The maximum Gasteiger partial charge on any atom is 0.246 e. The van der Waals surface area contributed by atoms with Crippen molar-refractivity contribution in [1.82, 2.24) is 9.21 Å². The van der Waals surface area contributed by atoms with Crippen LogP contribution in [0.3, 0.4) is 0 Å². The second kappa shape index (κ2) is 7.50. The quantitative estimate of drug-likeness (QED) is 0.785. The van der Waals surface area contributed by atoms with E-state index in [0.717, 1.165) is 25.3 Å². The van der Waals surface area contributed by atoms with Crippen molar-refractivity contribution in [3.05, 3.63) is 53.6 Å². The molecular formula is C20H24N2O4S. The van der Waals surface area contributed by atoms with Crippen LogP contribution in [0.1, 0.15) is 11.1 Å². The third-order valence-electron chi connectivity index (χ3n) is 5.18. The predicted octanol–water partition coefficient (Wildman–Crippen LogP) is 2.14. The molecule has 0 aromatic heterocycles. The monoisotopic (exact) mass is 388 g/mol. The largest absolute Gasteiger partial charge is 0.495 e. The molecule has 1 fully saturated rings. The summed E-state index contributed by atoms with van der Waals surface area (Å²) in [7, 11) is -2.05. The molecule has 27 heavy (non-hydrogen) atoms. The summed E-state index contributed by atoms with van der Waals surface area (Å²) in [6.07, 6.45) is 0.966. The first kappa shape index (κ1) is 18.3. The fourth-order valence-corrected chi connectivity index (χ4v) is 5.27. The molecule has 1 saturated heterocycles. The molecule has 2 heterocycles. The summed E-state index contributed by atoms with van der Waals surface area (Å²) < 4.78 is 38.3. The van der Waals surface area contributed by atoms with Gasteiger partial charge in [0.15, 0.2) is 0 Å². The Morgan fingerprint density at radius 3 is 2.63 bits per heavy atom. The van der Waals surface area contributed by atoms with Crippen molar-refractivity contribution in [3.63, 3.8) is 0 Å². The Labute approximate surface area is 160 Å². The first-order valence-corrected chi connectivity index (χ1v) is 10.6. The minimum absolute atomic E-state index is 0.236. The van der Waals surface area contributed by atoms with Crippen LogP contribution < -0.4 is 9.47 Å². The summed E-state index contributed by atoms with van der Waals surface area (Å²) in [5.74, 6) is 1.38. The van der Waals surface area contributed by atoms with Gasteiger partial charge >= 0.3 is 0 Å². The van der Waals surface area contributed by atoms with Gasteiger partial charge in [-0.3, -0.25) is 4.90 Å². The number of para-hydroxylation sites is 1. The first-order valence-electron chi connectivity index (χ1n) is 9.18. The van der Waals surface area contributed by atoms with Crippen molar-refractivity contribution in [2.45, 2.75) is 17.9 Å². The van der Waals surface area contributed by atoms with E-state index in [4.69, 9.17) is 9.47 Å². The number of hydrogen-bond acceptors (Lipinski definition) is 5. The van der Waals surface area contributed by atoms with Crippen molar-refractivity contribution in [2.24, 2.45) is 0 Å². The maximum absolute atomic E-state index is 13.0. The van der Waals surface area contributed by atoms with Gasteiger partial charge in [0.2, 0.25) is 10.0 Å². The Kier molecular flexibility index (Phi) is 5.08. The van der Waals surface area contributed by atoms with Gasteiger partial charge in [0, 0.05) is 39.1 Å². The van der Waals surface area contributed by atoms with Crippen molar-refractivity contribution < 1.29 is 17.9 Å². The zero-order chi connectivity index (χ0) is 18.9. The Morgan fingerprint density at radius 2 is 1.85 bits per heavy atom. The zero-order valence-corrected chi connectivity index (χ0v) is 16.2. The molecule has 4 rings (SSSR count). The maximum atomic E-state index is 13.0. The van der Waals surface area contributed by atoms with E-state index in [-0.39, 0.29) is 4.90 Å². The van der Waals surface area contributed by atoms with Crippen molar-refractivity contribution >= 4 is 10.0 Å². The third-order valence-corrected chi connectivity index (χ3v) is 7.12. The average molecular weight is 388 g/mol. The van der Waals surface area contributed by atoms with E-state index in [1.165, 1.54) is 18.2 Å². The molecule has 0 bridgehead atoms. The van der Waals surface area contributed by atoms with Crippen LogP contribution >= 0.6 is 0 Å². The van der Waals surface area contributed by atoms with E-state index in [1.54, 1.807) is 28.6 Å². The number of sulfonamides is 1. The lowest BCUT2D eigenvalue weighted by Crippen LogP contribution is -2.48. The van der Waals surface area contributed by atoms with Crippen molar-refractivity contribution in [3.8, 4) is 11.5 Å². The molecule has 2 aliphatic heterocycles. The second-order valence-corrected chi connectivity index (χ2v) is 8.78. The van der Waals surface area contributed by atoms with Gasteiger partial charge in [0.05, 0.1) is 13.7 Å². The van der Waals surface area contributed by atoms with Gasteiger partial charge in [0.25, 0.3) is 0 Å². The van der Waals surface area contributed by atoms with Gasteiger partial charge in [-0.2, -0.15) is 4.31 Å². The molecule has 6 nitrogen and oxygen atoms in total. The fraction of sp³-hybridized carbons (Fsp3) is 0.400. The molecular weight excluding hydrogens is 364 g/mol. The molecule has 2 aliphatic rings. The number of nitrogens with zero attached hydrogens (tertiary/aromatic N) is 2. The van der Waals surface area contributed by atoms with Gasteiger partial charge in [-0.1, -0.05) is 24.3 Å². The van der Waals surface area contributed by atoms with Crippen LogP contribution in [-0.2, 0) is 23.0 Å². The SMILES string of the molecule is COc1ccccc1S(=O)(=O)N1CCN(Cc2ccc3c(c2)CCO3)CC1. The normalized spacial score (nSPS) is 18.1. The Hall–Kier alpha value is -2.09. The lowest BCUT2D eigenvalue weighted by Gasteiger charge is -2.34. The van der Waals surface area contributed by atoms with Crippen LogP contribution in [0.5, 0.6) is 11.5 Å². The van der Waals surface area contributed by atoms with Crippen molar-refractivity contribution in [1.29, 1.82) is 0 Å². The Bertz CT molecular complexity index is 921. The molecule has 0 spiro atoms. The van der Waals surface area contributed by atoms with Crippen LogP contribution in [0.25, 0.3) is 0 Å². The summed E-state index contributed by atoms with van der Waals surface area (Å²) in [6, 6.07) is 13.1. The number of hydrogen-bond donors (Lipinski definition) is 0. The van der Waals surface area contributed by atoms with E-state index < -0.39 is 10.0 Å². The summed E-state index contributed by atoms with van der Waals surface area (Å²) in [5, 5.41) is 0. The molecule has 0 aliphatic carbocycles. The lowest BCUT2D eigenvalue weighted by molar-refractivity contribution is 0.181. The van der Waals surface area contributed by atoms with Gasteiger partial charge in [-0.15, -0.1) is 0 Å². The van der Waals surface area contributed by atoms with E-state index in [2.05, 4.69) is 17.0 Å². The van der Waals surface area contributed by atoms with Crippen LogP contribution in [0.4, 0.5) is 0 Å². The van der Waals surface area contributed by atoms with Crippen LogP contribution in [0.15, 0.2) is 47.4 Å². The highest BCUT2D eigenvalue weighted by Gasteiger charge is 2.30. The molecule has 2 aromatic rings. The molecule has 0 amide bonds. The van der Waals surface area contributed by atoms with Gasteiger partial charge < -0.3 is 9.47 Å². The number of benzene rings is 2. The van der Waals surface area contributed by atoms with Gasteiger partial charge in [-0.25, -0.2) is 8.42 Å². The Balaban J connectivity index is 1.41. The minimum atomic E-state index is -3.54. The summed E-state index contributed by atoms with van der Waals surface area (Å²) in [5.41, 5.74) is 2.52. The molecule has 2 aromatic carbocycles. The van der Waals surface area contributed by atoms with Crippen LogP contribution in [-0.4, -0.2) is 57.5 Å². The number of ether oxygens (including phenoxy) is 2. The van der Waals surface area contributed by atoms with E-state index in [1.807, 2.05) is 6.07 Å². The number of rotatable bonds is 5. The lowest BCUT2D eigenvalue weighted by atomic mass is 10.1. The molecule has 0 saturated carbocycles. The summed E-state index contributed by atoms with van der Waals surface area (Å²) >= 11 is 0. The van der Waals surface area contributed by atoms with E-state index in [0.29, 0.717) is 31.9 Å². The van der Waals surface area contributed by atoms with Crippen LogP contribution in [0, 0.1) is 0 Å². The number of piperazine rings is 1.